The smallest absolute Gasteiger partial charge is 0.00113 e. The topological polar surface area (TPSA) is 3.24 Å². The van der Waals surface area contributed by atoms with Gasteiger partial charge in [-0.3, -0.25) is 0 Å². The van der Waals surface area contributed by atoms with Gasteiger partial charge in [-0.2, -0.15) is 12.6 Å². The van der Waals surface area contributed by atoms with E-state index >= 15 is 0 Å². The molecule has 0 aromatic heterocycles. The van der Waals surface area contributed by atoms with Crippen molar-refractivity contribution in [2.45, 2.75) is 13.3 Å². The van der Waals surface area contributed by atoms with E-state index < -0.39 is 0 Å². The van der Waals surface area contributed by atoms with Gasteiger partial charge in [0, 0.05) is 6.54 Å². The average molecular weight is 147 g/mol. The third-order valence-electron chi connectivity index (χ3n) is 1.46. The number of rotatable bonds is 4. The predicted octanol–water partition coefficient (Wildman–Crippen LogP) is 1.50. The third kappa shape index (κ3) is 4.79. The Morgan fingerprint density at radius 3 is 2.11 bits per heavy atom. The van der Waals surface area contributed by atoms with Crippen LogP contribution in [0.4, 0.5) is 0 Å². The second kappa shape index (κ2) is 5.12. The van der Waals surface area contributed by atoms with E-state index in [1.807, 2.05) is 0 Å². The van der Waals surface area contributed by atoms with Gasteiger partial charge in [0.15, 0.2) is 0 Å². The lowest BCUT2D eigenvalue weighted by Gasteiger charge is -2.16. The molecule has 1 atom stereocenters. The van der Waals surface area contributed by atoms with Crippen LogP contribution in [0.1, 0.15) is 13.3 Å². The molecule has 0 saturated carbocycles. The molecule has 56 valence electrons. The zero-order valence-corrected chi connectivity index (χ0v) is 7.49. The van der Waals surface area contributed by atoms with Gasteiger partial charge in [0.1, 0.15) is 0 Å². The van der Waals surface area contributed by atoms with Gasteiger partial charge in [-0.1, -0.05) is 13.3 Å². The molecule has 0 amide bonds. The van der Waals surface area contributed by atoms with Crippen molar-refractivity contribution in [2.75, 3.05) is 26.4 Å². The summed E-state index contributed by atoms with van der Waals surface area (Å²) in [4.78, 5) is 2.21. The highest BCUT2D eigenvalue weighted by Crippen LogP contribution is 2.04. The summed E-state index contributed by atoms with van der Waals surface area (Å²) in [5.41, 5.74) is 0. The first kappa shape index (κ1) is 9.31. The summed E-state index contributed by atoms with van der Waals surface area (Å²) >= 11 is 4.24. The largest absolute Gasteiger partial charge is 0.309 e. The van der Waals surface area contributed by atoms with Gasteiger partial charge in [0.2, 0.25) is 0 Å². The van der Waals surface area contributed by atoms with Crippen molar-refractivity contribution in [3.8, 4) is 0 Å². The quantitative estimate of drug-likeness (QED) is 0.590. The number of hydrogen-bond donors (Lipinski definition) is 1. The van der Waals surface area contributed by atoms with E-state index in [2.05, 4.69) is 38.5 Å². The first-order valence-corrected chi connectivity index (χ1v) is 4.09. The molecular formula is C7H17NS. The van der Waals surface area contributed by atoms with Crippen LogP contribution >= 0.6 is 12.6 Å². The molecule has 1 unspecified atom stereocenters. The Kier molecular flexibility index (Phi) is 5.30. The van der Waals surface area contributed by atoms with Crippen LogP contribution in [-0.2, 0) is 0 Å². The molecule has 9 heavy (non-hydrogen) atoms. The van der Waals surface area contributed by atoms with E-state index in [0.717, 1.165) is 11.7 Å². The molecule has 0 aromatic carbocycles. The fraction of sp³-hybridized carbons (Fsp3) is 1.00. The van der Waals surface area contributed by atoms with Crippen LogP contribution < -0.4 is 0 Å². The molecule has 0 radical (unpaired) electrons. The van der Waals surface area contributed by atoms with Gasteiger partial charge in [-0.05, 0) is 25.8 Å². The number of nitrogens with zero attached hydrogens (tertiary/aromatic N) is 1. The van der Waals surface area contributed by atoms with E-state index in [1.165, 1.54) is 13.0 Å². The minimum Gasteiger partial charge on any atom is -0.309 e. The fourth-order valence-electron chi connectivity index (χ4n) is 0.832. The summed E-state index contributed by atoms with van der Waals surface area (Å²) in [6.07, 6.45) is 1.24. The molecule has 0 aromatic rings. The van der Waals surface area contributed by atoms with Crippen molar-refractivity contribution in [2.24, 2.45) is 5.92 Å². The van der Waals surface area contributed by atoms with E-state index in [-0.39, 0.29) is 0 Å². The van der Waals surface area contributed by atoms with E-state index in [4.69, 9.17) is 0 Å². The van der Waals surface area contributed by atoms with Gasteiger partial charge in [0.05, 0.1) is 0 Å². The normalized spacial score (nSPS) is 14.3. The molecule has 1 nitrogen and oxygen atoms in total. The summed E-state index contributed by atoms with van der Waals surface area (Å²) in [7, 11) is 4.21. The molecular weight excluding hydrogens is 130 g/mol. The Bertz CT molecular complexity index is 59.9. The lowest BCUT2D eigenvalue weighted by Crippen LogP contribution is -2.22. The molecule has 0 N–H and O–H groups in total. The number of thiol groups is 1. The van der Waals surface area contributed by atoms with E-state index in [1.54, 1.807) is 0 Å². The van der Waals surface area contributed by atoms with Crippen LogP contribution in [-0.4, -0.2) is 31.3 Å². The van der Waals surface area contributed by atoms with Crippen LogP contribution in [0.25, 0.3) is 0 Å². The number of hydrogen-bond acceptors (Lipinski definition) is 2. The zero-order valence-electron chi connectivity index (χ0n) is 6.59. The van der Waals surface area contributed by atoms with Crippen molar-refractivity contribution in [1.82, 2.24) is 4.90 Å². The monoisotopic (exact) mass is 147 g/mol. The van der Waals surface area contributed by atoms with Crippen LogP contribution in [0.2, 0.25) is 0 Å². The summed E-state index contributed by atoms with van der Waals surface area (Å²) < 4.78 is 0. The molecule has 0 aliphatic rings. The van der Waals surface area contributed by atoms with Crippen molar-refractivity contribution < 1.29 is 0 Å². The standard InChI is InChI=1S/C7H17NS/c1-4-7(6-9)5-8(2)3/h7,9H,4-6H2,1-3H3. The average Bonchev–Trinajstić information content (AvgIpc) is 1.82. The predicted molar refractivity (Wildman–Crippen MR) is 46.2 cm³/mol. The summed E-state index contributed by atoms with van der Waals surface area (Å²) in [5.74, 6) is 1.78. The minimum atomic E-state index is 0.767. The van der Waals surface area contributed by atoms with Crippen molar-refractivity contribution in [3.63, 3.8) is 0 Å². The van der Waals surface area contributed by atoms with Crippen molar-refractivity contribution in [3.05, 3.63) is 0 Å². The highest BCUT2D eigenvalue weighted by atomic mass is 32.1. The zero-order chi connectivity index (χ0) is 7.28. The van der Waals surface area contributed by atoms with Crippen LogP contribution in [0.15, 0.2) is 0 Å². The first-order chi connectivity index (χ1) is 4.20. The molecule has 0 rings (SSSR count). The highest BCUT2D eigenvalue weighted by Gasteiger charge is 2.03. The van der Waals surface area contributed by atoms with Crippen molar-refractivity contribution in [1.29, 1.82) is 0 Å². The van der Waals surface area contributed by atoms with E-state index in [9.17, 15) is 0 Å². The Morgan fingerprint density at radius 1 is 1.44 bits per heavy atom. The third-order valence-corrected chi connectivity index (χ3v) is 1.98. The molecule has 0 aliphatic carbocycles. The Hall–Kier alpha value is 0.310. The SMILES string of the molecule is CCC(CS)CN(C)C. The summed E-state index contributed by atoms with van der Waals surface area (Å²) in [5, 5.41) is 0. The molecule has 0 saturated heterocycles. The molecule has 0 aliphatic heterocycles. The maximum atomic E-state index is 4.24. The van der Waals surface area contributed by atoms with Gasteiger partial charge >= 0.3 is 0 Å². The maximum Gasteiger partial charge on any atom is 0.00113 e. The van der Waals surface area contributed by atoms with Crippen molar-refractivity contribution >= 4 is 12.6 Å². The van der Waals surface area contributed by atoms with Gasteiger partial charge in [-0.15, -0.1) is 0 Å². The molecule has 0 fully saturated rings. The fourth-order valence-corrected chi connectivity index (χ4v) is 1.21. The van der Waals surface area contributed by atoms with E-state index in [0.29, 0.717) is 0 Å². The lowest BCUT2D eigenvalue weighted by molar-refractivity contribution is 0.338. The first-order valence-electron chi connectivity index (χ1n) is 3.46. The lowest BCUT2D eigenvalue weighted by atomic mass is 10.1. The minimum absolute atomic E-state index is 0.767. The molecule has 0 bridgehead atoms. The highest BCUT2D eigenvalue weighted by molar-refractivity contribution is 7.80. The van der Waals surface area contributed by atoms with Gasteiger partial charge in [0.25, 0.3) is 0 Å². The Balaban J connectivity index is 3.31. The van der Waals surface area contributed by atoms with Crippen LogP contribution in [0, 0.1) is 5.92 Å². The second-order valence-corrected chi connectivity index (χ2v) is 3.08. The summed E-state index contributed by atoms with van der Waals surface area (Å²) in [6, 6.07) is 0. The van der Waals surface area contributed by atoms with Gasteiger partial charge in [-0.25, -0.2) is 0 Å². The molecule has 2 heteroatoms. The maximum absolute atomic E-state index is 4.24. The van der Waals surface area contributed by atoms with Crippen LogP contribution in [0.3, 0.4) is 0 Å². The van der Waals surface area contributed by atoms with Crippen LogP contribution in [0.5, 0.6) is 0 Å². The Labute approximate surface area is 63.8 Å². The second-order valence-electron chi connectivity index (χ2n) is 2.72. The Morgan fingerprint density at radius 2 is 2.00 bits per heavy atom. The molecule has 0 spiro atoms. The van der Waals surface area contributed by atoms with Gasteiger partial charge < -0.3 is 4.90 Å². The molecule has 0 heterocycles. The summed E-state index contributed by atoms with van der Waals surface area (Å²) in [6.45, 7) is 3.38.